The number of hydrogen-bond donors (Lipinski definition) is 1. The molecule has 82 valence electrons. The van der Waals surface area contributed by atoms with Crippen LogP contribution in [0, 0.1) is 12.8 Å². The van der Waals surface area contributed by atoms with Crippen LogP contribution >= 0.6 is 0 Å². The van der Waals surface area contributed by atoms with Gasteiger partial charge < -0.3 is 10.1 Å². The molecule has 4 nitrogen and oxygen atoms in total. The van der Waals surface area contributed by atoms with Gasteiger partial charge in [-0.15, -0.1) is 0 Å². The van der Waals surface area contributed by atoms with Gasteiger partial charge in [-0.1, -0.05) is 0 Å². The van der Waals surface area contributed by atoms with Gasteiger partial charge in [0.05, 0.1) is 12.6 Å². The third kappa shape index (κ3) is 2.33. The van der Waals surface area contributed by atoms with Gasteiger partial charge in [0.25, 0.3) is 0 Å². The molecule has 2 heterocycles. The molecule has 0 aromatic carbocycles. The quantitative estimate of drug-likeness (QED) is 0.805. The highest BCUT2D eigenvalue weighted by molar-refractivity contribution is 5.05. The van der Waals surface area contributed by atoms with Crippen molar-refractivity contribution in [2.45, 2.75) is 19.4 Å². The third-order valence-corrected chi connectivity index (χ3v) is 2.83. The van der Waals surface area contributed by atoms with Crippen molar-refractivity contribution in [3.63, 3.8) is 0 Å². The van der Waals surface area contributed by atoms with Crippen molar-refractivity contribution >= 4 is 0 Å². The Hall–Kier alpha value is -1.00. The molecule has 15 heavy (non-hydrogen) atoms. The zero-order valence-corrected chi connectivity index (χ0v) is 9.23. The molecule has 0 amide bonds. The lowest BCUT2D eigenvalue weighted by molar-refractivity contribution is 0.176. The van der Waals surface area contributed by atoms with E-state index in [0.29, 0.717) is 5.92 Å². The second kappa shape index (κ2) is 4.68. The Labute approximate surface area is 90.1 Å². The van der Waals surface area contributed by atoms with E-state index in [-0.39, 0.29) is 6.04 Å². The van der Waals surface area contributed by atoms with Crippen molar-refractivity contribution in [1.82, 2.24) is 15.3 Å². The Kier molecular flexibility index (Phi) is 3.28. The Balaban J connectivity index is 2.14. The normalized spacial score (nSPS) is 22.9. The average molecular weight is 207 g/mol. The second-order valence-corrected chi connectivity index (χ2v) is 4.01. The summed E-state index contributed by atoms with van der Waals surface area (Å²) >= 11 is 0. The topological polar surface area (TPSA) is 47.0 Å². The highest BCUT2D eigenvalue weighted by Crippen LogP contribution is 2.26. The summed E-state index contributed by atoms with van der Waals surface area (Å²) in [5.41, 5.74) is 1.09. The Morgan fingerprint density at radius 2 is 2.20 bits per heavy atom. The van der Waals surface area contributed by atoms with Crippen molar-refractivity contribution < 1.29 is 4.74 Å². The summed E-state index contributed by atoms with van der Waals surface area (Å²) in [6.07, 6.45) is 4.81. The number of nitrogens with one attached hydrogen (secondary N) is 1. The summed E-state index contributed by atoms with van der Waals surface area (Å²) in [5, 5.41) is 3.27. The maximum Gasteiger partial charge on any atom is 0.145 e. The lowest BCUT2D eigenvalue weighted by Crippen LogP contribution is -2.27. The highest BCUT2D eigenvalue weighted by Gasteiger charge is 2.27. The van der Waals surface area contributed by atoms with E-state index in [1.807, 2.05) is 26.4 Å². The molecule has 2 rings (SSSR count). The van der Waals surface area contributed by atoms with Gasteiger partial charge in [0, 0.05) is 24.9 Å². The number of aryl methyl sites for hydroxylation is 1. The molecule has 1 fully saturated rings. The molecule has 1 aromatic heterocycles. The molecule has 0 aliphatic carbocycles. The SMILES string of the molecule is CNC(c1ncc(C)cn1)C1CCOC1. The highest BCUT2D eigenvalue weighted by atomic mass is 16.5. The number of hydrogen-bond acceptors (Lipinski definition) is 4. The fourth-order valence-corrected chi connectivity index (χ4v) is 1.95. The van der Waals surface area contributed by atoms with Gasteiger partial charge in [-0.25, -0.2) is 9.97 Å². The molecule has 2 unspecified atom stereocenters. The average Bonchev–Trinajstić information content (AvgIpc) is 2.75. The molecule has 1 aromatic rings. The number of rotatable bonds is 3. The Morgan fingerprint density at radius 3 is 2.73 bits per heavy atom. The van der Waals surface area contributed by atoms with Crippen LogP contribution in [0.2, 0.25) is 0 Å². The summed E-state index contributed by atoms with van der Waals surface area (Å²) in [6.45, 7) is 3.66. The predicted octanol–water partition coefficient (Wildman–Crippen LogP) is 1.08. The van der Waals surface area contributed by atoms with E-state index in [1.54, 1.807) is 0 Å². The molecule has 1 aliphatic rings. The monoisotopic (exact) mass is 207 g/mol. The maximum absolute atomic E-state index is 5.39. The number of nitrogens with zero attached hydrogens (tertiary/aromatic N) is 2. The Bertz CT molecular complexity index is 306. The molecule has 0 radical (unpaired) electrons. The summed E-state index contributed by atoms with van der Waals surface area (Å²) in [7, 11) is 1.95. The smallest absolute Gasteiger partial charge is 0.145 e. The molecular formula is C11H17N3O. The van der Waals surface area contributed by atoms with Crippen molar-refractivity contribution in [2.75, 3.05) is 20.3 Å². The van der Waals surface area contributed by atoms with Gasteiger partial charge in [0.1, 0.15) is 5.82 Å². The minimum atomic E-state index is 0.216. The molecule has 0 bridgehead atoms. The maximum atomic E-state index is 5.39. The third-order valence-electron chi connectivity index (χ3n) is 2.83. The van der Waals surface area contributed by atoms with Crippen LogP contribution in [0.1, 0.15) is 23.9 Å². The van der Waals surface area contributed by atoms with Crippen LogP contribution < -0.4 is 5.32 Å². The summed E-state index contributed by atoms with van der Waals surface area (Å²) < 4.78 is 5.39. The van der Waals surface area contributed by atoms with Crippen LogP contribution in [0.5, 0.6) is 0 Å². The number of aromatic nitrogens is 2. The van der Waals surface area contributed by atoms with Gasteiger partial charge in [-0.3, -0.25) is 0 Å². The summed E-state index contributed by atoms with van der Waals surface area (Å²) in [5.74, 6) is 1.37. The molecule has 2 atom stereocenters. The van der Waals surface area contributed by atoms with Gasteiger partial charge in [0.15, 0.2) is 0 Å². The van der Waals surface area contributed by atoms with Crippen molar-refractivity contribution in [1.29, 1.82) is 0 Å². The minimum absolute atomic E-state index is 0.216. The predicted molar refractivity (Wildman–Crippen MR) is 57.5 cm³/mol. The molecule has 0 spiro atoms. The fraction of sp³-hybridized carbons (Fsp3) is 0.636. The first-order valence-corrected chi connectivity index (χ1v) is 5.35. The van der Waals surface area contributed by atoms with Crippen molar-refractivity contribution in [3.05, 3.63) is 23.8 Å². The standard InChI is InChI=1S/C11H17N3O/c1-8-5-13-11(14-6-8)10(12-2)9-3-4-15-7-9/h5-6,9-10,12H,3-4,7H2,1-2H3. The zero-order valence-electron chi connectivity index (χ0n) is 9.23. The Morgan fingerprint density at radius 1 is 1.47 bits per heavy atom. The van der Waals surface area contributed by atoms with Gasteiger partial charge in [-0.05, 0) is 26.0 Å². The summed E-state index contributed by atoms with van der Waals surface area (Å²) in [6, 6.07) is 0.216. The molecular weight excluding hydrogens is 190 g/mol. The largest absolute Gasteiger partial charge is 0.381 e. The molecule has 1 saturated heterocycles. The molecule has 0 saturated carbocycles. The van der Waals surface area contributed by atoms with Crippen molar-refractivity contribution in [3.8, 4) is 0 Å². The van der Waals surface area contributed by atoms with E-state index in [1.165, 1.54) is 0 Å². The lowest BCUT2D eigenvalue weighted by Gasteiger charge is -2.20. The van der Waals surface area contributed by atoms with Crippen molar-refractivity contribution in [2.24, 2.45) is 5.92 Å². The first kappa shape index (κ1) is 10.5. The molecule has 1 aliphatic heterocycles. The lowest BCUT2D eigenvalue weighted by atomic mass is 9.98. The van der Waals surface area contributed by atoms with Crippen LogP contribution in [0.15, 0.2) is 12.4 Å². The van der Waals surface area contributed by atoms with E-state index < -0.39 is 0 Å². The van der Waals surface area contributed by atoms with E-state index >= 15 is 0 Å². The van der Waals surface area contributed by atoms with Crippen LogP contribution in [-0.2, 0) is 4.74 Å². The van der Waals surface area contributed by atoms with E-state index in [4.69, 9.17) is 4.74 Å². The van der Waals surface area contributed by atoms with Crippen LogP contribution in [0.25, 0.3) is 0 Å². The molecule has 1 N–H and O–H groups in total. The van der Waals surface area contributed by atoms with Crippen LogP contribution in [-0.4, -0.2) is 30.2 Å². The minimum Gasteiger partial charge on any atom is -0.381 e. The first-order valence-electron chi connectivity index (χ1n) is 5.35. The zero-order chi connectivity index (χ0) is 10.7. The number of ether oxygens (including phenoxy) is 1. The van der Waals surface area contributed by atoms with Gasteiger partial charge in [-0.2, -0.15) is 0 Å². The summed E-state index contributed by atoms with van der Waals surface area (Å²) in [4.78, 5) is 8.73. The fourth-order valence-electron chi connectivity index (χ4n) is 1.95. The van der Waals surface area contributed by atoms with E-state index in [2.05, 4.69) is 15.3 Å². The van der Waals surface area contributed by atoms with Crippen LogP contribution in [0.3, 0.4) is 0 Å². The van der Waals surface area contributed by atoms with Gasteiger partial charge >= 0.3 is 0 Å². The first-order chi connectivity index (χ1) is 7.31. The second-order valence-electron chi connectivity index (χ2n) is 4.01. The molecule has 4 heteroatoms. The van der Waals surface area contributed by atoms with E-state index in [9.17, 15) is 0 Å². The van der Waals surface area contributed by atoms with Gasteiger partial charge in [0.2, 0.25) is 0 Å². The van der Waals surface area contributed by atoms with E-state index in [0.717, 1.165) is 31.0 Å². The van der Waals surface area contributed by atoms with Crippen LogP contribution in [0.4, 0.5) is 0 Å².